The van der Waals surface area contributed by atoms with Gasteiger partial charge in [-0.2, -0.15) is 0 Å². The predicted octanol–water partition coefficient (Wildman–Crippen LogP) is 2.86. The van der Waals surface area contributed by atoms with Gasteiger partial charge in [0, 0.05) is 30.0 Å². The van der Waals surface area contributed by atoms with Gasteiger partial charge in [-0.1, -0.05) is 23.7 Å². The molecule has 140 valence electrons. The van der Waals surface area contributed by atoms with Gasteiger partial charge in [0.1, 0.15) is 0 Å². The number of rotatable bonds is 3. The van der Waals surface area contributed by atoms with Gasteiger partial charge in [-0.25, -0.2) is 9.79 Å². The van der Waals surface area contributed by atoms with E-state index in [-0.39, 0.29) is 18.5 Å². The first-order chi connectivity index (χ1) is 12.9. The zero-order valence-electron chi connectivity index (χ0n) is 15.4. The van der Waals surface area contributed by atoms with Crippen molar-refractivity contribution in [3.05, 3.63) is 53.3 Å². The monoisotopic (exact) mass is 385 g/mol. The number of allylic oxidation sites excluding steroid dienone is 2. The lowest BCUT2D eigenvalue weighted by Gasteiger charge is -2.40. The molecule has 1 aromatic carbocycles. The highest BCUT2D eigenvalue weighted by atomic mass is 35.5. The van der Waals surface area contributed by atoms with Gasteiger partial charge in [-0.05, 0) is 32.0 Å². The standard InChI is InChI=1S/C19H20ClN5O2/c1-5-9-23-17(26)15-16(22(4)19(23)27)21-18-24(11(2)12(3)25(15)18)14-8-6-7-13(20)10-14/h5-8,10,15-16H,1,9H2,2-4H3. The molecule has 4 rings (SSSR count). The average Bonchev–Trinajstić information content (AvgIpc) is 3.13. The molecule has 0 saturated carbocycles. The number of hydrogen-bond acceptors (Lipinski definition) is 5. The Balaban J connectivity index is 1.79. The summed E-state index contributed by atoms with van der Waals surface area (Å²) in [4.78, 5) is 37.1. The summed E-state index contributed by atoms with van der Waals surface area (Å²) in [7, 11) is 1.67. The Labute approximate surface area is 162 Å². The maximum Gasteiger partial charge on any atom is 0.328 e. The van der Waals surface area contributed by atoms with Crippen LogP contribution in [0.3, 0.4) is 0 Å². The molecule has 3 heterocycles. The number of halogens is 1. The van der Waals surface area contributed by atoms with Crippen molar-refractivity contribution in [2.45, 2.75) is 26.1 Å². The van der Waals surface area contributed by atoms with Crippen molar-refractivity contribution in [1.82, 2.24) is 14.7 Å². The minimum Gasteiger partial charge on any atom is -0.302 e. The number of fused-ring (bicyclic) bond motifs is 3. The molecule has 27 heavy (non-hydrogen) atoms. The van der Waals surface area contributed by atoms with E-state index in [1.165, 1.54) is 9.80 Å². The Morgan fingerprint density at radius 2 is 2.00 bits per heavy atom. The number of hydrogen-bond donors (Lipinski definition) is 0. The lowest BCUT2D eigenvalue weighted by atomic mass is 10.1. The third kappa shape index (κ3) is 2.38. The molecule has 3 aliphatic rings. The summed E-state index contributed by atoms with van der Waals surface area (Å²) in [5, 5.41) is 0.618. The minimum atomic E-state index is -0.582. The zero-order valence-corrected chi connectivity index (χ0v) is 16.1. The van der Waals surface area contributed by atoms with Gasteiger partial charge >= 0.3 is 6.03 Å². The molecule has 0 aliphatic carbocycles. The number of guanidine groups is 1. The molecule has 0 radical (unpaired) electrons. The van der Waals surface area contributed by atoms with Crippen molar-refractivity contribution in [2.75, 3.05) is 18.5 Å². The van der Waals surface area contributed by atoms with Crippen LogP contribution in [0.5, 0.6) is 0 Å². The number of aliphatic imine (C=N–C) groups is 1. The highest BCUT2D eigenvalue weighted by Gasteiger charge is 2.55. The van der Waals surface area contributed by atoms with Gasteiger partial charge in [0.15, 0.2) is 12.2 Å². The van der Waals surface area contributed by atoms with Crippen LogP contribution in [0.2, 0.25) is 5.02 Å². The summed E-state index contributed by atoms with van der Waals surface area (Å²) < 4.78 is 0. The van der Waals surface area contributed by atoms with Crippen LogP contribution in [0.15, 0.2) is 53.3 Å². The normalized spacial score (nSPS) is 24.5. The topological polar surface area (TPSA) is 59.5 Å². The molecule has 0 bridgehead atoms. The Bertz CT molecular complexity index is 924. The number of urea groups is 1. The van der Waals surface area contributed by atoms with E-state index in [9.17, 15) is 9.59 Å². The van der Waals surface area contributed by atoms with E-state index in [4.69, 9.17) is 16.6 Å². The fourth-order valence-electron chi connectivity index (χ4n) is 3.83. The van der Waals surface area contributed by atoms with E-state index in [1.54, 1.807) is 13.1 Å². The molecule has 1 aromatic rings. The smallest absolute Gasteiger partial charge is 0.302 e. The highest BCUT2D eigenvalue weighted by Crippen LogP contribution is 2.40. The maximum atomic E-state index is 13.1. The van der Waals surface area contributed by atoms with E-state index in [0.29, 0.717) is 11.0 Å². The third-order valence-electron chi connectivity index (χ3n) is 5.27. The molecule has 1 fully saturated rings. The van der Waals surface area contributed by atoms with E-state index < -0.39 is 12.2 Å². The van der Waals surface area contributed by atoms with Crippen molar-refractivity contribution in [3.63, 3.8) is 0 Å². The van der Waals surface area contributed by atoms with Gasteiger partial charge < -0.3 is 4.90 Å². The lowest BCUT2D eigenvalue weighted by molar-refractivity contribution is -0.136. The zero-order chi connectivity index (χ0) is 19.5. The van der Waals surface area contributed by atoms with E-state index >= 15 is 0 Å². The van der Waals surface area contributed by atoms with Crippen molar-refractivity contribution in [1.29, 1.82) is 0 Å². The Morgan fingerprint density at radius 1 is 1.26 bits per heavy atom. The van der Waals surface area contributed by atoms with Crippen molar-refractivity contribution >= 4 is 35.2 Å². The van der Waals surface area contributed by atoms with E-state index in [0.717, 1.165) is 17.1 Å². The molecule has 1 saturated heterocycles. The van der Waals surface area contributed by atoms with Crippen molar-refractivity contribution < 1.29 is 9.59 Å². The summed E-state index contributed by atoms with van der Waals surface area (Å²) in [5.74, 6) is 0.373. The molecule has 0 spiro atoms. The summed E-state index contributed by atoms with van der Waals surface area (Å²) >= 11 is 6.17. The van der Waals surface area contributed by atoms with Crippen molar-refractivity contribution in [2.24, 2.45) is 4.99 Å². The second-order valence-electron chi connectivity index (χ2n) is 6.77. The fraction of sp³-hybridized carbons (Fsp3) is 0.316. The fourth-order valence-corrected chi connectivity index (χ4v) is 4.02. The number of amides is 3. The molecular weight excluding hydrogens is 366 g/mol. The summed E-state index contributed by atoms with van der Waals surface area (Å²) in [5.41, 5.74) is 2.76. The number of imide groups is 1. The predicted molar refractivity (Wildman–Crippen MR) is 104 cm³/mol. The van der Waals surface area contributed by atoms with Crippen LogP contribution in [-0.2, 0) is 4.79 Å². The SMILES string of the molecule is C=CCN1C(=O)C2C(N=C3N(c4cccc(Cl)c4)C(C)=C(C)N32)N(C)C1=O. The van der Waals surface area contributed by atoms with Crippen LogP contribution in [0.25, 0.3) is 0 Å². The molecule has 7 nitrogen and oxygen atoms in total. The first kappa shape index (κ1) is 17.6. The van der Waals surface area contributed by atoms with Gasteiger partial charge in [-0.15, -0.1) is 6.58 Å². The Kier molecular flexibility index (Phi) is 3.99. The molecule has 8 heteroatoms. The molecule has 2 atom stereocenters. The van der Waals surface area contributed by atoms with Gasteiger partial charge in [0.2, 0.25) is 5.96 Å². The minimum absolute atomic E-state index is 0.175. The summed E-state index contributed by atoms with van der Waals surface area (Å²) in [6, 6.07) is 6.54. The number of carbonyl (C=O) groups is 2. The van der Waals surface area contributed by atoms with E-state index in [1.807, 2.05) is 47.9 Å². The van der Waals surface area contributed by atoms with Gasteiger partial charge in [-0.3, -0.25) is 19.5 Å². The van der Waals surface area contributed by atoms with Gasteiger partial charge in [0.05, 0.1) is 5.69 Å². The van der Waals surface area contributed by atoms with Crippen LogP contribution in [0, 0.1) is 0 Å². The molecule has 3 amide bonds. The second kappa shape index (κ2) is 6.13. The Morgan fingerprint density at radius 3 is 2.67 bits per heavy atom. The van der Waals surface area contributed by atoms with E-state index in [2.05, 4.69) is 6.58 Å². The number of likely N-dealkylation sites (N-methyl/N-ethyl adjacent to an activating group) is 1. The number of benzene rings is 1. The average molecular weight is 386 g/mol. The number of anilines is 1. The van der Waals surface area contributed by atoms with Crippen LogP contribution in [-0.4, -0.2) is 58.4 Å². The Hall–Kier alpha value is -2.80. The van der Waals surface area contributed by atoms with Crippen LogP contribution in [0.1, 0.15) is 13.8 Å². The molecule has 0 N–H and O–H groups in total. The lowest BCUT2D eigenvalue weighted by Crippen LogP contribution is -2.64. The third-order valence-corrected chi connectivity index (χ3v) is 5.51. The van der Waals surface area contributed by atoms with Crippen LogP contribution in [0.4, 0.5) is 10.5 Å². The van der Waals surface area contributed by atoms with Crippen LogP contribution < -0.4 is 4.90 Å². The molecule has 0 aromatic heterocycles. The van der Waals surface area contributed by atoms with Gasteiger partial charge in [0.25, 0.3) is 5.91 Å². The van der Waals surface area contributed by atoms with Crippen LogP contribution >= 0.6 is 11.6 Å². The maximum absolute atomic E-state index is 13.1. The highest BCUT2D eigenvalue weighted by molar-refractivity contribution is 6.31. The molecular formula is C19H20ClN5O2. The quantitative estimate of drug-likeness (QED) is 0.751. The van der Waals surface area contributed by atoms with Crippen molar-refractivity contribution in [3.8, 4) is 0 Å². The summed E-state index contributed by atoms with van der Waals surface area (Å²) in [6.07, 6.45) is 0.988. The number of carbonyl (C=O) groups excluding carboxylic acids is 2. The largest absolute Gasteiger partial charge is 0.328 e. The first-order valence-corrected chi connectivity index (χ1v) is 9.04. The molecule has 2 unspecified atom stereocenters. The molecule has 3 aliphatic heterocycles. The number of nitrogens with zero attached hydrogens (tertiary/aromatic N) is 5. The first-order valence-electron chi connectivity index (χ1n) is 8.66. The second-order valence-corrected chi connectivity index (χ2v) is 7.21. The summed E-state index contributed by atoms with van der Waals surface area (Å²) in [6.45, 7) is 7.77.